The molecule has 5 nitrogen and oxygen atoms in total. The van der Waals surface area contributed by atoms with E-state index in [1.807, 2.05) is 11.3 Å². The number of hydrogen-bond acceptors (Lipinski definition) is 4. The molecule has 0 aromatic carbocycles. The molecule has 112 valence electrons. The van der Waals surface area contributed by atoms with Crippen molar-refractivity contribution in [1.29, 1.82) is 0 Å². The predicted molar refractivity (Wildman–Crippen MR) is 81.2 cm³/mol. The lowest BCUT2D eigenvalue weighted by Crippen LogP contribution is -2.46. The van der Waals surface area contributed by atoms with Crippen LogP contribution in [-0.4, -0.2) is 50.3 Å². The van der Waals surface area contributed by atoms with Crippen LogP contribution in [0.4, 0.5) is 4.79 Å². The SMILES string of the molecule is COCCNC(=O)NCC(C)N1CCc2sccc2C1. The molecule has 2 heterocycles. The van der Waals surface area contributed by atoms with Crippen LogP contribution in [0.3, 0.4) is 0 Å². The van der Waals surface area contributed by atoms with E-state index in [-0.39, 0.29) is 6.03 Å². The van der Waals surface area contributed by atoms with Crippen LogP contribution in [0.15, 0.2) is 11.4 Å². The van der Waals surface area contributed by atoms with Crippen LogP contribution in [0.1, 0.15) is 17.4 Å². The minimum Gasteiger partial charge on any atom is -0.383 e. The number of nitrogens with one attached hydrogen (secondary N) is 2. The van der Waals surface area contributed by atoms with Crippen molar-refractivity contribution in [3.8, 4) is 0 Å². The molecule has 0 saturated carbocycles. The first-order valence-corrected chi connectivity index (χ1v) is 7.88. The van der Waals surface area contributed by atoms with E-state index in [0.29, 0.717) is 25.7 Å². The molecule has 1 aliphatic rings. The summed E-state index contributed by atoms with van der Waals surface area (Å²) in [7, 11) is 1.62. The summed E-state index contributed by atoms with van der Waals surface area (Å²) in [5, 5.41) is 7.84. The highest BCUT2D eigenvalue weighted by Crippen LogP contribution is 2.24. The first kappa shape index (κ1) is 15.3. The number of amides is 2. The van der Waals surface area contributed by atoms with Gasteiger partial charge in [0.25, 0.3) is 0 Å². The number of hydrogen-bond donors (Lipinski definition) is 2. The highest BCUT2D eigenvalue weighted by atomic mass is 32.1. The van der Waals surface area contributed by atoms with Crippen molar-refractivity contribution < 1.29 is 9.53 Å². The Kier molecular flexibility index (Phi) is 5.82. The molecule has 2 rings (SSSR count). The quantitative estimate of drug-likeness (QED) is 0.781. The fourth-order valence-electron chi connectivity index (χ4n) is 2.35. The molecule has 0 spiro atoms. The summed E-state index contributed by atoms with van der Waals surface area (Å²) in [5.74, 6) is 0. The lowest BCUT2D eigenvalue weighted by Gasteiger charge is -2.32. The molecule has 0 saturated heterocycles. The molecule has 2 N–H and O–H groups in total. The lowest BCUT2D eigenvalue weighted by molar-refractivity contribution is 0.182. The van der Waals surface area contributed by atoms with Gasteiger partial charge in [-0.1, -0.05) is 0 Å². The summed E-state index contributed by atoms with van der Waals surface area (Å²) in [4.78, 5) is 15.5. The van der Waals surface area contributed by atoms with E-state index in [1.165, 1.54) is 10.4 Å². The van der Waals surface area contributed by atoms with Gasteiger partial charge in [-0.25, -0.2) is 4.79 Å². The summed E-state index contributed by atoms with van der Waals surface area (Å²) in [6, 6.07) is 2.43. The second-order valence-electron chi connectivity index (χ2n) is 5.07. The Bertz CT molecular complexity index is 436. The topological polar surface area (TPSA) is 53.6 Å². The molecule has 1 aliphatic heterocycles. The Morgan fingerprint density at radius 1 is 1.55 bits per heavy atom. The number of carbonyl (C=O) groups excluding carboxylic acids is 1. The third-order valence-corrected chi connectivity index (χ3v) is 4.63. The molecule has 0 bridgehead atoms. The van der Waals surface area contributed by atoms with Crippen LogP contribution < -0.4 is 10.6 Å². The maximum Gasteiger partial charge on any atom is 0.314 e. The number of carbonyl (C=O) groups is 1. The highest BCUT2D eigenvalue weighted by Gasteiger charge is 2.21. The Labute approximate surface area is 124 Å². The Balaban J connectivity index is 1.70. The van der Waals surface area contributed by atoms with Crippen molar-refractivity contribution >= 4 is 17.4 Å². The van der Waals surface area contributed by atoms with Gasteiger partial charge in [0, 0.05) is 44.2 Å². The van der Waals surface area contributed by atoms with Crippen molar-refractivity contribution in [2.45, 2.75) is 25.9 Å². The Morgan fingerprint density at radius 3 is 3.20 bits per heavy atom. The highest BCUT2D eigenvalue weighted by molar-refractivity contribution is 7.10. The molecule has 20 heavy (non-hydrogen) atoms. The van der Waals surface area contributed by atoms with Crippen molar-refractivity contribution in [2.75, 3.05) is 33.4 Å². The van der Waals surface area contributed by atoms with Crippen LogP contribution in [0.5, 0.6) is 0 Å². The van der Waals surface area contributed by atoms with Gasteiger partial charge in [0.15, 0.2) is 0 Å². The minimum atomic E-state index is -0.123. The summed E-state index contributed by atoms with van der Waals surface area (Å²) < 4.78 is 4.89. The van der Waals surface area contributed by atoms with E-state index in [1.54, 1.807) is 7.11 Å². The second kappa shape index (κ2) is 7.61. The first-order chi connectivity index (χ1) is 9.70. The maximum absolute atomic E-state index is 11.6. The van der Waals surface area contributed by atoms with Crippen molar-refractivity contribution in [2.24, 2.45) is 0 Å². The average molecular weight is 297 g/mol. The summed E-state index contributed by atoms with van der Waals surface area (Å²) in [6.07, 6.45) is 1.12. The number of nitrogens with zero attached hydrogens (tertiary/aromatic N) is 1. The zero-order valence-electron chi connectivity index (χ0n) is 12.1. The summed E-state index contributed by atoms with van der Waals surface area (Å²) in [5.41, 5.74) is 1.44. The van der Waals surface area contributed by atoms with E-state index in [9.17, 15) is 4.79 Å². The van der Waals surface area contributed by atoms with Gasteiger partial charge in [0.05, 0.1) is 6.61 Å². The number of ether oxygens (including phenoxy) is 1. The minimum absolute atomic E-state index is 0.123. The van der Waals surface area contributed by atoms with Gasteiger partial charge in [-0.2, -0.15) is 0 Å². The van der Waals surface area contributed by atoms with Gasteiger partial charge in [-0.3, -0.25) is 4.90 Å². The number of rotatable bonds is 6. The normalized spacial score (nSPS) is 16.5. The Hall–Kier alpha value is -1.11. The molecule has 1 unspecified atom stereocenters. The van der Waals surface area contributed by atoms with Crippen LogP contribution in [0, 0.1) is 0 Å². The lowest BCUT2D eigenvalue weighted by atomic mass is 10.1. The molecule has 0 fully saturated rings. The van der Waals surface area contributed by atoms with Crippen LogP contribution in [-0.2, 0) is 17.7 Å². The Morgan fingerprint density at radius 2 is 2.40 bits per heavy atom. The van der Waals surface area contributed by atoms with Gasteiger partial charge >= 0.3 is 6.03 Å². The van der Waals surface area contributed by atoms with E-state index < -0.39 is 0 Å². The number of fused-ring (bicyclic) bond motifs is 1. The van der Waals surface area contributed by atoms with Crippen LogP contribution in [0.2, 0.25) is 0 Å². The summed E-state index contributed by atoms with van der Waals surface area (Å²) >= 11 is 1.85. The molecular formula is C14H23N3O2S. The van der Waals surface area contributed by atoms with Gasteiger partial charge in [0.1, 0.15) is 0 Å². The maximum atomic E-state index is 11.6. The number of methoxy groups -OCH3 is 1. The summed E-state index contributed by atoms with van der Waals surface area (Å²) in [6.45, 7) is 5.97. The number of urea groups is 1. The van der Waals surface area contributed by atoms with E-state index in [4.69, 9.17) is 4.74 Å². The molecule has 0 radical (unpaired) electrons. The third kappa shape index (κ3) is 4.19. The average Bonchev–Trinajstić information content (AvgIpc) is 2.92. The van der Waals surface area contributed by atoms with Crippen molar-refractivity contribution in [1.82, 2.24) is 15.5 Å². The monoisotopic (exact) mass is 297 g/mol. The van der Waals surface area contributed by atoms with E-state index in [2.05, 4.69) is 33.9 Å². The fraction of sp³-hybridized carbons (Fsp3) is 0.643. The smallest absolute Gasteiger partial charge is 0.314 e. The molecular weight excluding hydrogens is 274 g/mol. The second-order valence-corrected chi connectivity index (χ2v) is 6.07. The zero-order chi connectivity index (χ0) is 14.4. The standard InChI is InChI=1S/C14H23N3O2S/c1-11(9-16-14(18)15-5-7-19-2)17-6-3-13-12(10-17)4-8-20-13/h4,8,11H,3,5-7,9-10H2,1-2H3,(H2,15,16,18). The van der Waals surface area contributed by atoms with Gasteiger partial charge in [0.2, 0.25) is 0 Å². The molecule has 1 atom stereocenters. The molecule has 2 amide bonds. The third-order valence-electron chi connectivity index (χ3n) is 3.61. The molecule has 6 heteroatoms. The molecule has 1 aromatic heterocycles. The van der Waals surface area contributed by atoms with Crippen LogP contribution >= 0.6 is 11.3 Å². The first-order valence-electron chi connectivity index (χ1n) is 7.00. The van der Waals surface area contributed by atoms with E-state index >= 15 is 0 Å². The van der Waals surface area contributed by atoms with E-state index in [0.717, 1.165) is 19.5 Å². The van der Waals surface area contributed by atoms with Gasteiger partial charge in [-0.15, -0.1) is 11.3 Å². The van der Waals surface area contributed by atoms with Crippen molar-refractivity contribution in [3.63, 3.8) is 0 Å². The van der Waals surface area contributed by atoms with Crippen molar-refractivity contribution in [3.05, 3.63) is 21.9 Å². The number of thiophene rings is 1. The largest absolute Gasteiger partial charge is 0.383 e. The molecule has 0 aliphatic carbocycles. The van der Waals surface area contributed by atoms with Crippen LogP contribution in [0.25, 0.3) is 0 Å². The van der Waals surface area contributed by atoms with Gasteiger partial charge in [-0.05, 0) is 30.4 Å². The molecule has 1 aromatic rings. The fourth-order valence-corrected chi connectivity index (χ4v) is 3.23. The van der Waals surface area contributed by atoms with Gasteiger partial charge < -0.3 is 15.4 Å². The zero-order valence-corrected chi connectivity index (χ0v) is 13.0. The predicted octanol–water partition coefficient (Wildman–Crippen LogP) is 1.44.